The van der Waals surface area contributed by atoms with E-state index in [2.05, 4.69) is 4.99 Å². The van der Waals surface area contributed by atoms with Crippen LogP contribution in [0.3, 0.4) is 0 Å². The minimum absolute atomic E-state index is 0.0469. The molecule has 16 heavy (non-hydrogen) atoms. The molecule has 1 aliphatic heterocycles. The molecule has 0 bridgehead atoms. The first-order chi connectivity index (χ1) is 7.56. The maximum atomic E-state index is 11.0. The normalized spacial score (nSPS) is 24.4. The van der Waals surface area contributed by atoms with Crippen LogP contribution in [0.2, 0.25) is 0 Å². The molecule has 2 rings (SSSR count). The zero-order valence-corrected chi connectivity index (χ0v) is 8.68. The number of rotatable bonds is 4. The maximum absolute atomic E-state index is 11.0. The van der Waals surface area contributed by atoms with Crippen molar-refractivity contribution in [2.24, 2.45) is 16.5 Å². The molecule has 2 aliphatic rings. The molecule has 6 heteroatoms. The van der Waals surface area contributed by atoms with E-state index in [4.69, 9.17) is 16.2 Å². The molecule has 1 fully saturated rings. The van der Waals surface area contributed by atoms with Gasteiger partial charge in [0.1, 0.15) is 17.5 Å². The Labute approximate surface area is 92.3 Å². The first-order valence-electron chi connectivity index (χ1n) is 5.10. The predicted molar refractivity (Wildman–Crippen MR) is 56.4 cm³/mol. The van der Waals surface area contributed by atoms with E-state index in [-0.39, 0.29) is 11.8 Å². The van der Waals surface area contributed by atoms with E-state index < -0.39 is 17.9 Å². The summed E-state index contributed by atoms with van der Waals surface area (Å²) in [4.78, 5) is 25.9. The van der Waals surface area contributed by atoms with E-state index in [9.17, 15) is 9.59 Å². The fourth-order valence-electron chi connectivity index (χ4n) is 1.43. The summed E-state index contributed by atoms with van der Waals surface area (Å²) in [6, 6.07) is -0.749. The topological polar surface area (TPSA) is 108 Å². The van der Waals surface area contributed by atoms with E-state index in [1.165, 1.54) is 6.08 Å². The van der Waals surface area contributed by atoms with Gasteiger partial charge >= 0.3 is 0 Å². The molecule has 1 aliphatic carbocycles. The molecule has 86 valence electrons. The summed E-state index contributed by atoms with van der Waals surface area (Å²) in [7, 11) is 0. The highest BCUT2D eigenvalue weighted by atomic mass is 16.5. The summed E-state index contributed by atoms with van der Waals surface area (Å²) >= 11 is 0. The van der Waals surface area contributed by atoms with Gasteiger partial charge in [-0.25, -0.2) is 0 Å². The summed E-state index contributed by atoms with van der Waals surface area (Å²) < 4.78 is 5.53. The van der Waals surface area contributed by atoms with Crippen molar-refractivity contribution in [3.05, 3.63) is 11.8 Å². The van der Waals surface area contributed by atoms with Gasteiger partial charge in [-0.2, -0.15) is 0 Å². The molecule has 0 spiro atoms. The number of nitrogens with zero attached hydrogens (tertiary/aromatic N) is 1. The van der Waals surface area contributed by atoms with E-state index in [1.807, 2.05) is 0 Å². The minimum atomic E-state index is -0.749. The third-order valence-electron chi connectivity index (χ3n) is 2.41. The van der Waals surface area contributed by atoms with Crippen molar-refractivity contribution in [3.63, 3.8) is 0 Å². The number of hydrogen-bond donors (Lipinski definition) is 2. The van der Waals surface area contributed by atoms with Gasteiger partial charge in [-0.3, -0.25) is 14.6 Å². The number of carbonyl (C=O) groups is 2. The SMILES string of the molecule is NC(=O)C1=NC(C(N)=O)CC(OC2CC2)=C1. The Kier molecular flexibility index (Phi) is 2.64. The van der Waals surface area contributed by atoms with Gasteiger partial charge in [0.25, 0.3) is 5.91 Å². The second kappa shape index (κ2) is 3.96. The minimum Gasteiger partial charge on any atom is -0.495 e. The smallest absolute Gasteiger partial charge is 0.267 e. The number of carbonyl (C=O) groups excluding carboxylic acids is 2. The highest BCUT2D eigenvalue weighted by molar-refractivity contribution is 6.43. The molecular formula is C10H13N3O3. The highest BCUT2D eigenvalue weighted by Gasteiger charge is 2.29. The second-order valence-corrected chi connectivity index (χ2v) is 3.93. The van der Waals surface area contributed by atoms with E-state index in [0.717, 1.165) is 12.8 Å². The molecule has 0 saturated heterocycles. The molecule has 1 heterocycles. The van der Waals surface area contributed by atoms with Crippen molar-refractivity contribution < 1.29 is 14.3 Å². The molecule has 0 aromatic rings. The van der Waals surface area contributed by atoms with E-state index in [1.54, 1.807) is 0 Å². The van der Waals surface area contributed by atoms with Crippen molar-refractivity contribution in [1.82, 2.24) is 0 Å². The zero-order valence-electron chi connectivity index (χ0n) is 8.68. The predicted octanol–water partition coefficient (Wildman–Crippen LogP) is -0.767. The highest BCUT2D eigenvalue weighted by Crippen LogP contribution is 2.29. The molecule has 1 unspecified atom stereocenters. The summed E-state index contributed by atoms with van der Waals surface area (Å²) in [5, 5.41) is 0. The number of dihydropyridines is 1. The first kappa shape index (κ1) is 10.7. The fourth-order valence-corrected chi connectivity index (χ4v) is 1.43. The van der Waals surface area contributed by atoms with Crippen LogP contribution in [0.15, 0.2) is 16.8 Å². The van der Waals surface area contributed by atoms with Crippen LogP contribution in [0.5, 0.6) is 0 Å². The van der Waals surface area contributed by atoms with Gasteiger partial charge in [0.05, 0.1) is 6.10 Å². The Hall–Kier alpha value is -1.85. The van der Waals surface area contributed by atoms with Crippen molar-refractivity contribution in [3.8, 4) is 0 Å². The number of ether oxygens (including phenoxy) is 1. The van der Waals surface area contributed by atoms with Gasteiger partial charge in [0.2, 0.25) is 5.91 Å². The number of amides is 2. The summed E-state index contributed by atoms with van der Waals surface area (Å²) in [6.07, 6.45) is 4.00. The molecule has 0 aromatic heterocycles. The second-order valence-electron chi connectivity index (χ2n) is 3.93. The van der Waals surface area contributed by atoms with Crippen molar-refractivity contribution in [2.75, 3.05) is 0 Å². The van der Waals surface area contributed by atoms with Gasteiger partial charge in [-0.05, 0) is 12.8 Å². The van der Waals surface area contributed by atoms with Crippen LogP contribution in [0, 0.1) is 0 Å². The third kappa shape index (κ3) is 2.39. The Morgan fingerprint density at radius 3 is 2.56 bits per heavy atom. The lowest BCUT2D eigenvalue weighted by atomic mass is 10.1. The van der Waals surface area contributed by atoms with Crippen molar-refractivity contribution in [1.29, 1.82) is 0 Å². The van der Waals surface area contributed by atoms with Crippen LogP contribution >= 0.6 is 0 Å². The molecule has 1 saturated carbocycles. The molecule has 0 aromatic carbocycles. The Bertz CT molecular complexity index is 396. The standard InChI is InChI=1S/C10H13N3O3/c11-9(14)7-3-6(16-5-1-2-5)4-8(13-7)10(12)15/h3,5,8H,1-2,4H2,(H2,11,14)(H2,12,15). The molecule has 2 amide bonds. The number of nitrogens with two attached hydrogens (primary N) is 2. The molecule has 0 radical (unpaired) electrons. The Balaban J connectivity index is 2.15. The number of primary amides is 2. The van der Waals surface area contributed by atoms with Crippen LogP contribution in [0.1, 0.15) is 19.3 Å². The molecule has 6 nitrogen and oxygen atoms in total. The molecule has 1 atom stereocenters. The number of aliphatic imine (C=N–C) groups is 1. The monoisotopic (exact) mass is 223 g/mol. The first-order valence-corrected chi connectivity index (χ1v) is 5.10. The van der Waals surface area contributed by atoms with Crippen molar-refractivity contribution >= 4 is 17.5 Å². The Morgan fingerprint density at radius 2 is 2.06 bits per heavy atom. The average Bonchev–Trinajstić information content (AvgIpc) is 3.01. The lowest BCUT2D eigenvalue weighted by molar-refractivity contribution is -0.119. The third-order valence-corrected chi connectivity index (χ3v) is 2.41. The zero-order chi connectivity index (χ0) is 11.7. The summed E-state index contributed by atoms with van der Waals surface area (Å²) in [5.74, 6) is -0.693. The van der Waals surface area contributed by atoms with E-state index in [0.29, 0.717) is 12.2 Å². The molecule has 4 N–H and O–H groups in total. The van der Waals surface area contributed by atoms with Crippen LogP contribution in [0.4, 0.5) is 0 Å². The van der Waals surface area contributed by atoms with Crippen LogP contribution in [0.25, 0.3) is 0 Å². The fraction of sp³-hybridized carbons (Fsp3) is 0.500. The largest absolute Gasteiger partial charge is 0.495 e. The van der Waals surface area contributed by atoms with Crippen LogP contribution in [-0.4, -0.2) is 29.7 Å². The van der Waals surface area contributed by atoms with Gasteiger partial charge in [-0.15, -0.1) is 0 Å². The summed E-state index contributed by atoms with van der Waals surface area (Å²) in [6.45, 7) is 0. The van der Waals surface area contributed by atoms with Crippen molar-refractivity contribution in [2.45, 2.75) is 31.4 Å². The quantitative estimate of drug-likeness (QED) is 0.653. The molecular weight excluding hydrogens is 210 g/mol. The van der Waals surface area contributed by atoms with Gasteiger partial charge in [0, 0.05) is 12.5 Å². The van der Waals surface area contributed by atoms with Crippen LogP contribution < -0.4 is 11.5 Å². The van der Waals surface area contributed by atoms with Gasteiger partial charge < -0.3 is 16.2 Å². The van der Waals surface area contributed by atoms with Gasteiger partial charge in [-0.1, -0.05) is 0 Å². The van der Waals surface area contributed by atoms with Crippen LogP contribution in [-0.2, 0) is 14.3 Å². The Morgan fingerprint density at radius 1 is 1.38 bits per heavy atom. The summed E-state index contributed by atoms with van der Waals surface area (Å²) in [5.41, 5.74) is 10.3. The average molecular weight is 223 g/mol. The lowest BCUT2D eigenvalue weighted by Gasteiger charge is -2.18. The number of hydrogen-bond acceptors (Lipinski definition) is 4. The van der Waals surface area contributed by atoms with Gasteiger partial charge in [0.15, 0.2) is 0 Å². The van der Waals surface area contributed by atoms with E-state index >= 15 is 0 Å². The lowest BCUT2D eigenvalue weighted by Crippen LogP contribution is -2.34. The maximum Gasteiger partial charge on any atom is 0.267 e.